The van der Waals surface area contributed by atoms with Crippen LogP contribution in [-0.2, 0) is 0 Å². The van der Waals surface area contributed by atoms with E-state index in [1.165, 1.54) is 0 Å². The lowest BCUT2D eigenvalue weighted by Crippen LogP contribution is -2.18. The van der Waals surface area contributed by atoms with Gasteiger partial charge in [0.2, 0.25) is 0 Å². The number of halogens is 2. The standard InChI is InChI=1S/C6H3Cl2N3O4/c7-5-1-3(10(8)6(12)13)4(2-9-5)11(14)15/h1-2H,(H,12,13). The molecule has 0 radical (unpaired) electrons. The number of nitrogens with zero attached hydrogens (tertiary/aromatic N) is 3. The summed E-state index contributed by atoms with van der Waals surface area (Å²) < 4.78 is 0.172. The van der Waals surface area contributed by atoms with Crippen LogP contribution in [0.5, 0.6) is 0 Å². The van der Waals surface area contributed by atoms with Crippen molar-refractivity contribution in [2.45, 2.75) is 0 Å². The summed E-state index contributed by atoms with van der Waals surface area (Å²) in [5.41, 5.74) is -0.897. The molecule has 1 rings (SSSR count). The van der Waals surface area contributed by atoms with Crippen molar-refractivity contribution in [3.8, 4) is 0 Å². The molecule has 9 heteroatoms. The van der Waals surface area contributed by atoms with E-state index in [4.69, 9.17) is 28.5 Å². The first-order valence-corrected chi connectivity index (χ1v) is 4.14. The molecule has 1 aromatic heterocycles. The average molecular weight is 252 g/mol. The van der Waals surface area contributed by atoms with Gasteiger partial charge >= 0.3 is 11.8 Å². The molecule has 0 unspecified atom stereocenters. The van der Waals surface area contributed by atoms with Crippen molar-refractivity contribution < 1.29 is 14.8 Å². The number of aromatic nitrogens is 1. The topological polar surface area (TPSA) is 96.6 Å². The van der Waals surface area contributed by atoms with Crippen molar-refractivity contribution in [2.24, 2.45) is 0 Å². The molecule has 1 aromatic rings. The molecule has 0 atom stereocenters. The zero-order chi connectivity index (χ0) is 11.6. The largest absolute Gasteiger partial charge is 0.464 e. The second kappa shape index (κ2) is 4.28. The number of hydrogen-bond donors (Lipinski definition) is 1. The first kappa shape index (κ1) is 11.5. The third-order valence-corrected chi connectivity index (χ3v) is 1.94. The number of hydrogen-bond acceptors (Lipinski definition) is 4. The van der Waals surface area contributed by atoms with Crippen LogP contribution in [0.3, 0.4) is 0 Å². The van der Waals surface area contributed by atoms with Crippen LogP contribution in [-0.4, -0.2) is 21.1 Å². The number of carboxylic acid groups (broad SMARTS) is 1. The van der Waals surface area contributed by atoms with E-state index < -0.39 is 16.7 Å². The minimum atomic E-state index is -1.55. The molecule has 0 aliphatic rings. The summed E-state index contributed by atoms with van der Waals surface area (Å²) in [6, 6.07) is 0.987. The quantitative estimate of drug-likeness (QED) is 0.377. The van der Waals surface area contributed by atoms with E-state index in [1.54, 1.807) is 0 Å². The van der Waals surface area contributed by atoms with Crippen LogP contribution in [0.15, 0.2) is 12.3 Å². The van der Waals surface area contributed by atoms with Crippen molar-refractivity contribution in [3.05, 3.63) is 27.5 Å². The first-order valence-electron chi connectivity index (χ1n) is 3.42. The Balaban J connectivity index is 3.30. The van der Waals surface area contributed by atoms with Gasteiger partial charge in [0.1, 0.15) is 17.0 Å². The number of carbonyl (C=O) groups is 1. The molecular weight excluding hydrogens is 249 g/mol. The van der Waals surface area contributed by atoms with Crippen LogP contribution >= 0.6 is 23.4 Å². The molecule has 0 bridgehead atoms. The molecule has 1 amide bonds. The number of nitro groups is 1. The van der Waals surface area contributed by atoms with Gasteiger partial charge in [-0.15, -0.1) is 0 Å². The maximum Gasteiger partial charge on any atom is 0.427 e. The summed E-state index contributed by atoms with van der Waals surface area (Å²) in [6.07, 6.45) is -0.724. The summed E-state index contributed by atoms with van der Waals surface area (Å²) in [7, 11) is 0. The number of rotatable bonds is 2. The van der Waals surface area contributed by atoms with Crippen LogP contribution in [0.4, 0.5) is 16.2 Å². The summed E-state index contributed by atoms with van der Waals surface area (Å²) in [4.78, 5) is 23.6. The predicted molar refractivity (Wildman–Crippen MR) is 52.3 cm³/mol. The lowest BCUT2D eigenvalue weighted by Gasteiger charge is -2.09. The molecule has 0 spiro atoms. The SMILES string of the molecule is O=C(O)N(Cl)c1cc(Cl)ncc1[N+](=O)[O-]. The van der Waals surface area contributed by atoms with Crippen LogP contribution in [0.25, 0.3) is 0 Å². The molecule has 1 N–H and O–H groups in total. The average Bonchev–Trinajstić information content (AvgIpc) is 2.15. The molecule has 0 aliphatic carbocycles. The zero-order valence-corrected chi connectivity index (χ0v) is 8.44. The molecule has 0 aromatic carbocycles. The van der Waals surface area contributed by atoms with Crippen molar-refractivity contribution in [1.29, 1.82) is 0 Å². The molecule has 0 saturated heterocycles. The summed E-state index contributed by atoms with van der Waals surface area (Å²) in [5.74, 6) is 0. The van der Waals surface area contributed by atoms with Gasteiger partial charge in [-0.1, -0.05) is 11.6 Å². The van der Waals surface area contributed by atoms with E-state index in [-0.39, 0.29) is 15.3 Å². The molecule has 15 heavy (non-hydrogen) atoms. The zero-order valence-electron chi connectivity index (χ0n) is 6.92. The normalized spacial score (nSPS) is 9.73. The van der Waals surface area contributed by atoms with E-state index in [1.807, 2.05) is 0 Å². The van der Waals surface area contributed by atoms with E-state index in [2.05, 4.69) is 4.98 Å². The van der Waals surface area contributed by atoms with Crippen molar-refractivity contribution >= 4 is 40.8 Å². The van der Waals surface area contributed by atoms with Crippen LogP contribution < -0.4 is 4.42 Å². The Morgan fingerprint density at radius 3 is 2.73 bits per heavy atom. The molecular formula is C6H3Cl2N3O4. The van der Waals surface area contributed by atoms with Gasteiger partial charge < -0.3 is 5.11 Å². The first-order chi connectivity index (χ1) is 6.93. The minimum Gasteiger partial charge on any atom is -0.464 e. The van der Waals surface area contributed by atoms with Gasteiger partial charge in [0.15, 0.2) is 0 Å². The lowest BCUT2D eigenvalue weighted by molar-refractivity contribution is -0.384. The van der Waals surface area contributed by atoms with Crippen LogP contribution in [0, 0.1) is 10.1 Å². The summed E-state index contributed by atoms with van der Waals surface area (Å²) in [6.45, 7) is 0. The van der Waals surface area contributed by atoms with E-state index in [0.717, 1.165) is 12.3 Å². The maximum absolute atomic E-state index is 10.5. The van der Waals surface area contributed by atoms with Gasteiger partial charge in [0.05, 0.1) is 4.92 Å². The fraction of sp³-hybridized carbons (Fsp3) is 0. The third-order valence-electron chi connectivity index (χ3n) is 1.40. The fourth-order valence-electron chi connectivity index (χ4n) is 0.814. The van der Waals surface area contributed by atoms with Crippen molar-refractivity contribution in [1.82, 2.24) is 4.98 Å². The number of amides is 1. The van der Waals surface area contributed by atoms with Crippen molar-refractivity contribution in [2.75, 3.05) is 4.42 Å². The smallest absolute Gasteiger partial charge is 0.427 e. The molecule has 0 saturated carbocycles. The van der Waals surface area contributed by atoms with Gasteiger partial charge in [-0.25, -0.2) is 9.78 Å². The highest BCUT2D eigenvalue weighted by Gasteiger charge is 2.23. The van der Waals surface area contributed by atoms with E-state index in [9.17, 15) is 14.9 Å². The summed E-state index contributed by atoms with van der Waals surface area (Å²) in [5, 5.41) is 18.9. The van der Waals surface area contributed by atoms with Crippen molar-refractivity contribution in [3.63, 3.8) is 0 Å². The molecule has 80 valence electrons. The minimum absolute atomic E-state index is 0.0949. The second-order valence-electron chi connectivity index (χ2n) is 2.32. The number of anilines is 1. The second-order valence-corrected chi connectivity index (χ2v) is 3.04. The van der Waals surface area contributed by atoms with Crippen LogP contribution in [0.1, 0.15) is 0 Å². The Morgan fingerprint density at radius 2 is 2.27 bits per heavy atom. The third kappa shape index (κ3) is 2.45. The Bertz CT molecular complexity index is 425. The van der Waals surface area contributed by atoms with E-state index >= 15 is 0 Å². The Kier molecular flexibility index (Phi) is 3.28. The lowest BCUT2D eigenvalue weighted by atomic mass is 10.3. The fourth-order valence-corrected chi connectivity index (χ4v) is 1.10. The maximum atomic E-state index is 10.5. The Labute approximate surface area is 93.1 Å². The molecule has 0 aliphatic heterocycles. The Hall–Kier alpha value is -1.60. The predicted octanol–water partition coefficient (Wildman–Crippen LogP) is 2.28. The highest BCUT2D eigenvalue weighted by atomic mass is 35.5. The molecule has 1 heterocycles. The van der Waals surface area contributed by atoms with Gasteiger partial charge in [0, 0.05) is 17.8 Å². The Morgan fingerprint density at radius 1 is 1.67 bits per heavy atom. The van der Waals surface area contributed by atoms with E-state index in [0.29, 0.717) is 0 Å². The highest BCUT2D eigenvalue weighted by molar-refractivity contribution is 6.36. The highest BCUT2D eigenvalue weighted by Crippen LogP contribution is 2.30. The number of pyridine rings is 1. The van der Waals surface area contributed by atoms with Crippen LogP contribution in [0.2, 0.25) is 5.15 Å². The monoisotopic (exact) mass is 251 g/mol. The molecule has 7 nitrogen and oxygen atoms in total. The van der Waals surface area contributed by atoms with Gasteiger partial charge in [-0.05, 0) is 0 Å². The summed E-state index contributed by atoms with van der Waals surface area (Å²) >= 11 is 10.8. The van der Waals surface area contributed by atoms with Gasteiger partial charge in [0.25, 0.3) is 0 Å². The molecule has 0 fully saturated rings. The van der Waals surface area contributed by atoms with Gasteiger partial charge in [-0.2, -0.15) is 4.42 Å². The van der Waals surface area contributed by atoms with Gasteiger partial charge in [-0.3, -0.25) is 10.1 Å².